The van der Waals surface area contributed by atoms with Crippen LogP contribution >= 0.6 is 22.7 Å². The zero-order valence-corrected chi connectivity index (χ0v) is 37.5. The van der Waals surface area contributed by atoms with Crippen molar-refractivity contribution in [2.45, 2.75) is 0 Å². The highest BCUT2D eigenvalue weighted by Crippen LogP contribution is 2.54. The highest BCUT2D eigenvalue weighted by Gasteiger charge is 2.33. The maximum absolute atomic E-state index is 12.1. The van der Waals surface area contributed by atoms with Crippen molar-refractivity contribution in [3.8, 4) is 39.7 Å². The van der Waals surface area contributed by atoms with E-state index in [2.05, 4.69) is 141 Å². The van der Waals surface area contributed by atoms with Gasteiger partial charge in [-0.15, -0.1) is 22.7 Å². The minimum atomic E-state index is 0.351. The molecule has 0 N–H and O–H groups in total. The number of hydrogen-bond donors (Lipinski definition) is 0. The molecule has 9 aromatic carbocycles. The first-order chi connectivity index (χ1) is 33.7. The van der Waals surface area contributed by atoms with Gasteiger partial charge in [0.15, 0.2) is 0 Å². The van der Waals surface area contributed by atoms with E-state index >= 15 is 0 Å². The summed E-state index contributed by atoms with van der Waals surface area (Å²) in [4.78, 5) is 15.0. The Morgan fingerprint density at radius 2 is 1.03 bits per heavy atom. The van der Waals surface area contributed by atoms with Crippen LogP contribution in [-0.4, -0.2) is 19.1 Å². The first-order valence-electron chi connectivity index (χ1n) is 22.4. The molecule has 0 aliphatic rings. The largest absolute Gasteiger partial charge is 0.306 e. The molecule has 6 heterocycles. The number of hydrogen-bond acceptors (Lipinski definition) is 5. The molecular formula is C60H30N6S2. The smallest absolute Gasteiger partial charge is 0.220 e. The van der Waals surface area contributed by atoms with Crippen molar-refractivity contribution in [1.29, 1.82) is 5.26 Å². The fourth-order valence-corrected chi connectivity index (χ4v) is 13.7. The molecule has 6 aromatic heterocycles. The average molecular weight is 899 g/mol. The second kappa shape index (κ2) is 13.8. The molecule has 0 saturated carbocycles. The molecule has 0 bridgehead atoms. The number of pyridine rings is 2. The quantitative estimate of drug-likeness (QED) is 0.131. The lowest BCUT2D eigenvalue weighted by Gasteiger charge is -2.25. The third-order valence-corrected chi connectivity index (χ3v) is 16.4. The Hall–Kier alpha value is -8.92. The summed E-state index contributed by atoms with van der Waals surface area (Å²) >= 11 is 3.59. The van der Waals surface area contributed by atoms with Gasteiger partial charge in [-0.25, -0.2) is 14.8 Å². The molecular weight excluding hydrogens is 869 g/mol. The van der Waals surface area contributed by atoms with Crippen LogP contribution in [0.1, 0.15) is 5.56 Å². The van der Waals surface area contributed by atoms with E-state index in [9.17, 15) is 11.8 Å². The van der Waals surface area contributed by atoms with E-state index in [0.29, 0.717) is 39.5 Å². The summed E-state index contributed by atoms with van der Waals surface area (Å²) in [7, 11) is 0. The number of thiophene rings is 2. The minimum absolute atomic E-state index is 0.351. The van der Waals surface area contributed by atoms with Gasteiger partial charge >= 0.3 is 0 Å². The van der Waals surface area contributed by atoms with Crippen LogP contribution in [-0.2, 0) is 0 Å². The first kappa shape index (κ1) is 37.3. The Morgan fingerprint density at radius 3 is 1.66 bits per heavy atom. The van der Waals surface area contributed by atoms with Gasteiger partial charge in [0.05, 0.1) is 39.2 Å². The summed E-state index contributed by atoms with van der Waals surface area (Å²) in [6, 6.07) is 62.2. The molecule has 312 valence electrons. The van der Waals surface area contributed by atoms with Gasteiger partial charge in [-0.3, -0.25) is 4.57 Å². The molecule has 0 saturated heterocycles. The topological polar surface area (TPSA) is 63.8 Å². The lowest BCUT2D eigenvalue weighted by atomic mass is 9.88. The highest BCUT2D eigenvalue weighted by atomic mass is 32.1. The predicted molar refractivity (Wildman–Crippen MR) is 285 cm³/mol. The number of fused-ring (bicyclic) bond motifs is 13. The monoisotopic (exact) mass is 898 g/mol. The third-order valence-electron chi connectivity index (χ3n) is 14.0. The molecule has 6 nitrogen and oxygen atoms in total. The van der Waals surface area contributed by atoms with Gasteiger partial charge in [0, 0.05) is 80.7 Å². The van der Waals surface area contributed by atoms with Crippen molar-refractivity contribution in [1.82, 2.24) is 19.1 Å². The third kappa shape index (κ3) is 4.82. The molecule has 0 fully saturated rings. The zero-order chi connectivity index (χ0) is 44.8. The van der Waals surface area contributed by atoms with Gasteiger partial charge in [-0.1, -0.05) is 133 Å². The molecule has 15 aromatic rings. The fourth-order valence-electron chi connectivity index (χ4n) is 11.3. The molecule has 0 aliphatic heterocycles. The van der Waals surface area contributed by atoms with Gasteiger partial charge in [-0.05, 0) is 69.1 Å². The maximum Gasteiger partial charge on any atom is 0.220 e. The molecule has 15 rings (SSSR count). The predicted octanol–water partition coefficient (Wildman–Crippen LogP) is 16.9. The van der Waals surface area contributed by atoms with E-state index in [1.165, 1.54) is 24.9 Å². The maximum atomic E-state index is 12.1. The van der Waals surface area contributed by atoms with E-state index in [4.69, 9.17) is 9.97 Å². The van der Waals surface area contributed by atoms with Crippen molar-refractivity contribution in [3.05, 3.63) is 199 Å². The molecule has 0 amide bonds. The van der Waals surface area contributed by atoms with Gasteiger partial charge in [0.2, 0.25) is 5.69 Å². The molecule has 0 aliphatic carbocycles. The number of nitrogens with zero attached hydrogens (tertiary/aromatic N) is 6. The standard InChI is InChI=1S/C60H30N6S2/c1-62-54-50(33-14-4-2-5-15-33)45(32-61)55(51(34-16-6-3-7-17-34)57(54)66-59-52-39(26-28-63-59)35-18-8-9-19-36(35)40-27-29-64-60(66)53(40)52)65-46-30-44-38-21-11-12-22-47(38)67-49(44)31-43(46)41-24-25-42-37-20-10-13-23-48(37)68-58(42)56(41)65/h2-31H. The van der Waals surface area contributed by atoms with Gasteiger partial charge < -0.3 is 4.57 Å². The van der Waals surface area contributed by atoms with Crippen molar-refractivity contribution in [2.75, 3.05) is 0 Å². The van der Waals surface area contributed by atoms with Crippen LogP contribution in [0.5, 0.6) is 0 Å². The average Bonchev–Trinajstić information content (AvgIpc) is 4.15. The summed E-state index contributed by atoms with van der Waals surface area (Å²) in [5.74, 6) is 0. The van der Waals surface area contributed by atoms with Crippen LogP contribution in [0.25, 0.3) is 144 Å². The molecule has 0 radical (unpaired) electrons. The number of nitriles is 1. The SMILES string of the molecule is [C-]#[N+]c1c(-c2ccccc2)c(C#N)c(-n2c3cc4c(cc3c3ccc5c6ccccc6sc5c32)sc2ccccc24)c(-c2ccccc2)c1-n1c2nccc3c4ccccc4c4ccnc1c4c32. The summed E-state index contributed by atoms with van der Waals surface area (Å²) in [6.07, 6.45) is 3.75. The van der Waals surface area contributed by atoms with Crippen molar-refractivity contribution >= 4 is 134 Å². The van der Waals surface area contributed by atoms with Crippen LogP contribution < -0.4 is 0 Å². The van der Waals surface area contributed by atoms with E-state index in [-0.39, 0.29) is 0 Å². The number of benzene rings is 9. The first-order valence-corrected chi connectivity index (χ1v) is 24.0. The summed E-state index contributed by atoms with van der Waals surface area (Å²) in [5.41, 5.74) is 8.43. The highest BCUT2D eigenvalue weighted by molar-refractivity contribution is 7.27. The van der Waals surface area contributed by atoms with E-state index in [1.54, 1.807) is 22.7 Å². The lowest BCUT2D eigenvalue weighted by Crippen LogP contribution is -2.09. The fraction of sp³-hybridized carbons (Fsp3) is 0. The zero-order valence-electron chi connectivity index (χ0n) is 35.8. The summed E-state index contributed by atoms with van der Waals surface area (Å²) in [6.45, 7) is 9.31. The van der Waals surface area contributed by atoms with Crippen LogP contribution in [0.2, 0.25) is 0 Å². The molecule has 8 heteroatoms. The second-order valence-corrected chi connectivity index (χ2v) is 19.5. The van der Waals surface area contributed by atoms with E-state index in [0.717, 1.165) is 86.3 Å². The van der Waals surface area contributed by atoms with Crippen LogP contribution in [0.4, 0.5) is 5.69 Å². The molecule has 0 spiro atoms. The van der Waals surface area contributed by atoms with Crippen molar-refractivity contribution in [3.63, 3.8) is 0 Å². The molecule has 0 unspecified atom stereocenters. The minimum Gasteiger partial charge on any atom is -0.306 e. The van der Waals surface area contributed by atoms with E-state index in [1.807, 2.05) is 60.9 Å². The Bertz CT molecular complexity index is 4670. The Kier molecular flexibility index (Phi) is 7.58. The van der Waals surface area contributed by atoms with Crippen LogP contribution in [0.3, 0.4) is 0 Å². The lowest BCUT2D eigenvalue weighted by molar-refractivity contribution is 1.09. The second-order valence-electron chi connectivity index (χ2n) is 17.4. The van der Waals surface area contributed by atoms with Crippen molar-refractivity contribution < 1.29 is 0 Å². The number of aromatic nitrogens is 4. The van der Waals surface area contributed by atoms with Crippen LogP contribution in [0, 0.1) is 17.9 Å². The Balaban J connectivity index is 1.25. The number of rotatable bonds is 4. The van der Waals surface area contributed by atoms with Crippen molar-refractivity contribution in [2.24, 2.45) is 0 Å². The summed E-state index contributed by atoms with van der Waals surface area (Å²) < 4.78 is 9.25. The Morgan fingerprint density at radius 1 is 0.471 bits per heavy atom. The van der Waals surface area contributed by atoms with E-state index < -0.39 is 0 Å². The van der Waals surface area contributed by atoms with Gasteiger partial charge in [-0.2, -0.15) is 5.26 Å². The summed E-state index contributed by atoms with van der Waals surface area (Å²) in [5, 5.41) is 25.3. The van der Waals surface area contributed by atoms with Gasteiger partial charge in [0.1, 0.15) is 17.4 Å². The molecule has 68 heavy (non-hydrogen) atoms. The normalized spacial score (nSPS) is 12.1. The Labute approximate surface area is 395 Å². The molecule has 0 atom stereocenters. The van der Waals surface area contributed by atoms with Crippen LogP contribution in [0.15, 0.2) is 182 Å². The van der Waals surface area contributed by atoms with Gasteiger partial charge in [0.25, 0.3) is 0 Å².